The molecular formula is C23H29Cl2N3O2. The van der Waals surface area contributed by atoms with Gasteiger partial charge >= 0.3 is 0 Å². The lowest BCUT2D eigenvalue weighted by Crippen LogP contribution is -2.60. The van der Waals surface area contributed by atoms with Crippen LogP contribution >= 0.6 is 24.0 Å². The SMILES string of the molecule is CC1CN(C(=O)c2ccc(Cl)cn2)CC2(CCN(CCc3ccccc3)CC2)O1.Cl. The van der Waals surface area contributed by atoms with Gasteiger partial charge in [0.05, 0.1) is 23.3 Å². The molecule has 0 N–H and O–H groups in total. The van der Waals surface area contributed by atoms with Crippen molar-refractivity contribution in [3.8, 4) is 0 Å². The topological polar surface area (TPSA) is 45.7 Å². The van der Waals surface area contributed by atoms with Gasteiger partial charge in [-0.1, -0.05) is 41.9 Å². The fourth-order valence-electron chi connectivity index (χ4n) is 4.44. The van der Waals surface area contributed by atoms with Gasteiger partial charge in [-0.15, -0.1) is 12.4 Å². The van der Waals surface area contributed by atoms with Crippen molar-refractivity contribution in [2.24, 2.45) is 0 Å². The van der Waals surface area contributed by atoms with Gasteiger partial charge in [0.1, 0.15) is 5.69 Å². The van der Waals surface area contributed by atoms with Crippen molar-refractivity contribution in [2.45, 2.75) is 37.9 Å². The molecule has 1 unspecified atom stereocenters. The Morgan fingerprint density at radius 1 is 1.20 bits per heavy atom. The van der Waals surface area contributed by atoms with E-state index >= 15 is 0 Å². The van der Waals surface area contributed by atoms with Crippen LogP contribution in [0.15, 0.2) is 48.7 Å². The number of aromatic nitrogens is 1. The lowest BCUT2D eigenvalue weighted by molar-refractivity contribution is -0.161. The number of carbonyl (C=O) groups is 1. The first-order valence-electron chi connectivity index (χ1n) is 10.4. The molecule has 1 aromatic heterocycles. The monoisotopic (exact) mass is 449 g/mol. The highest BCUT2D eigenvalue weighted by molar-refractivity contribution is 6.30. The van der Waals surface area contributed by atoms with Crippen molar-refractivity contribution in [1.29, 1.82) is 0 Å². The Bertz CT molecular complexity index is 824. The normalized spacial score (nSPS) is 21.3. The molecule has 7 heteroatoms. The molecule has 1 spiro atoms. The second-order valence-corrected chi connectivity index (χ2v) is 8.67. The van der Waals surface area contributed by atoms with E-state index in [4.69, 9.17) is 16.3 Å². The first kappa shape index (κ1) is 23.0. The van der Waals surface area contributed by atoms with E-state index in [1.807, 2.05) is 4.90 Å². The minimum atomic E-state index is -0.247. The van der Waals surface area contributed by atoms with E-state index in [-0.39, 0.29) is 30.0 Å². The van der Waals surface area contributed by atoms with Gasteiger partial charge in [0.2, 0.25) is 0 Å². The fraction of sp³-hybridized carbons (Fsp3) is 0.478. The Morgan fingerprint density at radius 3 is 2.60 bits per heavy atom. The van der Waals surface area contributed by atoms with Crippen molar-refractivity contribution in [1.82, 2.24) is 14.8 Å². The molecular weight excluding hydrogens is 421 g/mol. The molecule has 2 saturated heterocycles. The van der Waals surface area contributed by atoms with Crippen LogP contribution in [-0.2, 0) is 11.2 Å². The number of halogens is 2. The zero-order valence-corrected chi connectivity index (χ0v) is 18.9. The van der Waals surface area contributed by atoms with Crippen LogP contribution in [0.4, 0.5) is 0 Å². The molecule has 2 fully saturated rings. The summed E-state index contributed by atoms with van der Waals surface area (Å²) in [6.45, 7) is 6.35. The summed E-state index contributed by atoms with van der Waals surface area (Å²) in [7, 11) is 0. The number of pyridine rings is 1. The van der Waals surface area contributed by atoms with E-state index in [1.54, 1.807) is 12.1 Å². The number of carbonyl (C=O) groups excluding carboxylic acids is 1. The van der Waals surface area contributed by atoms with Crippen LogP contribution in [-0.4, -0.2) is 65.1 Å². The van der Waals surface area contributed by atoms with Crippen LogP contribution in [0.2, 0.25) is 5.02 Å². The van der Waals surface area contributed by atoms with E-state index in [2.05, 4.69) is 47.1 Å². The number of morpholine rings is 1. The van der Waals surface area contributed by atoms with Crippen LogP contribution in [0.25, 0.3) is 0 Å². The third kappa shape index (κ3) is 5.52. The predicted molar refractivity (Wildman–Crippen MR) is 121 cm³/mol. The number of benzene rings is 1. The second kappa shape index (κ2) is 10.1. The minimum absolute atomic E-state index is 0. The molecule has 162 valence electrons. The van der Waals surface area contributed by atoms with Crippen molar-refractivity contribution >= 4 is 29.9 Å². The highest BCUT2D eigenvalue weighted by atomic mass is 35.5. The average molecular weight is 450 g/mol. The number of rotatable bonds is 4. The minimum Gasteiger partial charge on any atom is -0.368 e. The Kier molecular flexibility index (Phi) is 7.75. The Hall–Kier alpha value is -1.66. The van der Waals surface area contributed by atoms with Gasteiger partial charge in [0, 0.05) is 32.4 Å². The molecule has 0 saturated carbocycles. The highest BCUT2D eigenvalue weighted by Crippen LogP contribution is 2.33. The highest BCUT2D eigenvalue weighted by Gasteiger charge is 2.43. The summed E-state index contributed by atoms with van der Waals surface area (Å²) in [6.07, 6.45) is 4.52. The number of nitrogens with zero attached hydrogens (tertiary/aromatic N) is 3. The van der Waals surface area contributed by atoms with Crippen molar-refractivity contribution < 1.29 is 9.53 Å². The number of likely N-dealkylation sites (tertiary alicyclic amines) is 1. The van der Waals surface area contributed by atoms with E-state index in [1.165, 1.54) is 11.8 Å². The molecule has 2 aromatic rings. The summed E-state index contributed by atoms with van der Waals surface area (Å²) in [6, 6.07) is 14.0. The maximum absolute atomic E-state index is 13.0. The Balaban J connectivity index is 0.00000256. The van der Waals surface area contributed by atoms with Gasteiger partial charge in [-0.05, 0) is 43.9 Å². The fourth-order valence-corrected chi connectivity index (χ4v) is 4.55. The molecule has 1 amide bonds. The Morgan fingerprint density at radius 2 is 1.93 bits per heavy atom. The van der Waals surface area contributed by atoms with Gasteiger partial charge in [-0.3, -0.25) is 4.79 Å². The number of amides is 1. The largest absolute Gasteiger partial charge is 0.368 e. The summed E-state index contributed by atoms with van der Waals surface area (Å²) in [4.78, 5) is 21.6. The predicted octanol–water partition coefficient (Wildman–Crippen LogP) is 4.10. The van der Waals surface area contributed by atoms with Crippen molar-refractivity contribution in [3.63, 3.8) is 0 Å². The van der Waals surface area contributed by atoms with Crippen LogP contribution in [0.1, 0.15) is 35.8 Å². The molecule has 0 aliphatic carbocycles. The molecule has 5 nitrogen and oxygen atoms in total. The lowest BCUT2D eigenvalue weighted by atomic mass is 9.88. The molecule has 2 aliphatic rings. The quantitative estimate of drug-likeness (QED) is 0.704. The number of ether oxygens (including phenoxy) is 1. The number of hydrogen-bond donors (Lipinski definition) is 0. The van der Waals surface area contributed by atoms with Gasteiger partial charge in [-0.25, -0.2) is 4.98 Å². The van der Waals surface area contributed by atoms with Crippen LogP contribution in [0, 0.1) is 0 Å². The first-order valence-corrected chi connectivity index (χ1v) is 10.8. The van der Waals surface area contributed by atoms with Crippen LogP contribution in [0.3, 0.4) is 0 Å². The third-order valence-corrected chi connectivity index (χ3v) is 6.19. The molecule has 0 radical (unpaired) electrons. The summed E-state index contributed by atoms with van der Waals surface area (Å²) in [5.74, 6) is -0.0392. The Labute approximate surface area is 189 Å². The number of hydrogen-bond acceptors (Lipinski definition) is 4. The van der Waals surface area contributed by atoms with Crippen LogP contribution < -0.4 is 0 Å². The van der Waals surface area contributed by atoms with Crippen molar-refractivity contribution in [3.05, 3.63) is 64.9 Å². The standard InChI is InChI=1S/C23H28ClN3O2.ClH/c1-18-16-27(22(28)21-8-7-20(24)15-25-21)17-23(29-18)10-13-26(14-11-23)12-9-19-5-3-2-4-6-19;/h2-8,15,18H,9-14,16-17H2,1H3;1H. The van der Waals surface area contributed by atoms with Gasteiger partial charge < -0.3 is 14.5 Å². The maximum atomic E-state index is 13.0. The molecule has 1 aromatic carbocycles. The van der Waals surface area contributed by atoms with Gasteiger partial charge in [0.25, 0.3) is 5.91 Å². The summed E-state index contributed by atoms with van der Waals surface area (Å²) in [5.41, 5.74) is 1.57. The number of piperidine rings is 1. The van der Waals surface area contributed by atoms with Gasteiger partial charge in [0.15, 0.2) is 0 Å². The lowest BCUT2D eigenvalue weighted by Gasteiger charge is -2.49. The van der Waals surface area contributed by atoms with E-state index in [0.29, 0.717) is 23.8 Å². The smallest absolute Gasteiger partial charge is 0.272 e. The summed E-state index contributed by atoms with van der Waals surface area (Å²) < 4.78 is 6.40. The molecule has 4 rings (SSSR count). The molecule has 3 heterocycles. The second-order valence-electron chi connectivity index (χ2n) is 8.24. The van der Waals surface area contributed by atoms with Crippen molar-refractivity contribution in [2.75, 3.05) is 32.7 Å². The maximum Gasteiger partial charge on any atom is 0.272 e. The van der Waals surface area contributed by atoms with Crippen LogP contribution in [0.5, 0.6) is 0 Å². The first-order chi connectivity index (χ1) is 14.0. The molecule has 2 aliphatic heterocycles. The molecule has 30 heavy (non-hydrogen) atoms. The molecule has 1 atom stereocenters. The van der Waals surface area contributed by atoms with E-state index in [0.717, 1.165) is 38.9 Å². The zero-order valence-electron chi connectivity index (χ0n) is 17.3. The van der Waals surface area contributed by atoms with E-state index < -0.39 is 0 Å². The summed E-state index contributed by atoms with van der Waals surface area (Å²) >= 11 is 5.91. The van der Waals surface area contributed by atoms with Gasteiger partial charge in [-0.2, -0.15) is 0 Å². The van der Waals surface area contributed by atoms with E-state index in [9.17, 15) is 4.79 Å². The molecule has 0 bridgehead atoms. The summed E-state index contributed by atoms with van der Waals surface area (Å²) in [5, 5.41) is 0.538. The zero-order chi connectivity index (χ0) is 20.3. The third-order valence-electron chi connectivity index (χ3n) is 5.97. The average Bonchev–Trinajstić information content (AvgIpc) is 2.74.